The molecule has 0 aromatic heterocycles. The Labute approximate surface area is 85.5 Å². The summed E-state index contributed by atoms with van der Waals surface area (Å²) in [6.07, 6.45) is 3.32. The molecule has 1 saturated carbocycles. The van der Waals surface area contributed by atoms with Crippen LogP contribution in [0.2, 0.25) is 0 Å². The highest BCUT2D eigenvalue weighted by molar-refractivity contribution is 5.75. The summed E-state index contributed by atoms with van der Waals surface area (Å²) in [7, 11) is 1.64. The molecule has 14 heavy (non-hydrogen) atoms. The molecule has 1 aliphatic carbocycles. The minimum Gasteiger partial charge on any atom is -0.481 e. The van der Waals surface area contributed by atoms with E-state index in [1.165, 1.54) is 0 Å². The van der Waals surface area contributed by atoms with Gasteiger partial charge in [-0.25, -0.2) is 0 Å². The lowest BCUT2D eigenvalue weighted by Crippen LogP contribution is -2.32. The molecular formula is C11H20O3. The summed E-state index contributed by atoms with van der Waals surface area (Å²) in [5.41, 5.74) is -0.519. The largest absolute Gasteiger partial charge is 0.481 e. The van der Waals surface area contributed by atoms with E-state index in [-0.39, 0.29) is 6.10 Å². The average molecular weight is 200 g/mol. The minimum atomic E-state index is -0.647. The topological polar surface area (TPSA) is 46.5 Å². The number of carboxylic acid groups (broad SMARTS) is 1. The number of hydrogen-bond donors (Lipinski definition) is 1. The maximum Gasteiger partial charge on any atom is 0.309 e. The third kappa shape index (κ3) is 2.27. The molecule has 82 valence electrons. The lowest BCUT2D eigenvalue weighted by atomic mass is 9.80. The fourth-order valence-corrected chi connectivity index (χ4v) is 2.49. The average Bonchev–Trinajstić information content (AvgIpc) is 2.48. The second-order valence-corrected chi connectivity index (χ2v) is 4.68. The smallest absolute Gasteiger partial charge is 0.309 e. The zero-order valence-electron chi connectivity index (χ0n) is 9.25. The van der Waals surface area contributed by atoms with Crippen molar-refractivity contribution in [3.8, 4) is 0 Å². The molecule has 1 fully saturated rings. The van der Waals surface area contributed by atoms with Crippen LogP contribution in [0.4, 0.5) is 0 Å². The van der Waals surface area contributed by atoms with Gasteiger partial charge in [-0.3, -0.25) is 4.79 Å². The summed E-state index contributed by atoms with van der Waals surface area (Å²) in [4.78, 5) is 11.3. The van der Waals surface area contributed by atoms with Crippen molar-refractivity contribution in [3.05, 3.63) is 0 Å². The van der Waals surface area contributed by atoms with Crippen LogP contribution in [-0.2, 0) is 9.53 Å². The molecule has 0 aromatic rings. The molecule has 3 unspecified atom stereocenters. The van der Waals surface area contributed by atoms with E-state index in [2.05, 4.69) is 6.92 Å². The summed E-state index contributed by atoms with van der Waals surface area (Å²) >= 11 is 0. The molecule has 1 N–H and O–H groups in total. The Kier molecular flexibility index (Phi) is 3.53. The fraction of sp³-hybridized carbons (Fsp3) is 0.909. The van der Waals surface area contributed by atoms with Gasteiger partial charge in [-0.2, -0.15) is 0 Å². The van der Waals surface area contributed by atoms with Crippen molar-refractivity contribution in [2.75, 3.05) is 7.11 Å². The van der Waals surface area contributed by atoms with Crippen molar-refractivity contribution in [2.45, 2.75) is 45.6 Å². The maximum atomic E-state index is 11.3. The van der Waals surface area contributed by atoms with E-state index in [9.17, 15) is 9.90 Å². The van der Waals surface area contributed by atoms with Gasteiger partial charge in [0.05, 0.1) is 11.5 Å². The van der Waals surface area contributed by atoms with Gasteiger partial charge in [-0.1, -0.05) is 6.92 Å². The molecule has 0 heterocycles. The van der Waals surface area contributed by atoms with Crippen LogP contribution in [0.25, 0.3) is 0 Å². The van der Waals surface area contributed by atoms with Crippen LogP contribution in [0.3, 0.4) is 0 Å². The van der Waals surface area contributed by atoms with E-state index >= 15 is 0 Å². The lowest BCUT2D eigenvalue weighted by molar-refractivity contribution is -0.151. The van der Waals surface area contributed by atoms with Crippen molar-refractivity contribution >= 4 is 5.97 Å². The first-order valence-corrected chi connectivity index (χ1v) is 5.26. The Morgan fingerprint density at radius 2 is 2.36 bits per heavy atom. The Balaban J connectivity index is 2.68. The first kappa shape index (κ1) is 11.5. The normalized spacial score (nSPS) is 34.4. The van der Waals surface area contributed by atoms with Crippen LogP contribution in [0.1, 0.15) is 39.5 Å². The second kappa shape index (κ2) is 4.30. The molecule has 0 spiro atoms. The molecule has 0 aliphatic heterocycles. The van der Waals surface area contributed by atoms with Gasteiger partial charge in [-0.05, 0) is 38.5 Å². The molecule has 1 rings (SSSR count). The molecule has 1 aliphatic rings. The number of rotatable bonds is 4. The zero-order valence-corrected chi connectivity index (χ0v) is 9.25. The van der Waals surface area contributed by atoms with Crippen LogP contribution in [-0.4, -0.2) is 24.3 Å². The second-order valence-electron chi connectivity index (χ2n) is 4.68. The van der Waals surface area contributed by atoms with Gasteiger partial charge >= 0.3 is 5.97 Å². The molecule has 0 bridgehead atoms. The highest BCUT2D eigenvalue weighted by Gasteiger charge is 2.44. The van der Waals surface area contributed by atoms with Crippen LogP contribution in [0.5, 0.6) is 0 Å². The number of carbonyl (C=O) groups is 1. The molecular weight excluding hydrogens is 180 g/mol. The van der Waals surface area contributed by atoms with Gasteiger partial charge in [-0.15, -0.1) is 0 Å². The van der Waals surface area contributed by atoms with Crippen LogP contribution >= 0.6 is 0 Å². The van der Waals surface area contributed by atoms with Crippen molar-refractivity contribution < 1.29 is 14.6 Å². The van der Waals surface area contributed by atoms with E-state index in [1.807, 2.05) is 6.92 Å². The third-order valence-electron chi connectivity index (χ3n) is 3.39. The number of ether oxygens (including phenoxy) is 1. The third-order valence-corrected chi connectivity index (χ3v) is 3.39. The molecule has 0 amide bonds. The molecule has 0 radical (unpaired) electrons. The number of carboxylic acids is 1. The summed E-state index contributed by atoms with van der Waals surface area (Å²) in [6.45, 7) is 4.07. The number of aliphatic carboxylic acids is 1. The van der Waals surface area contributed by atoms with Crippen LogP contribution in [0, 0.1) is 11.3 Å². The quantitative estimate of drug-likeness (QED) is 0.757. The van der Waals surface area contributed by atoms with E-state index in [1.54, 1.807) is 7.11 Å². The van der Waals surface area contributed by atoms with Crippen molar-refractivity contribution in [1.82, 2.24) is 0 Å². The fourth-order valence-electron chi connectivity index (χ4n) is 2.49. The van der Waals surface area contributed by atoms with E-state index in [0.29, 0.717) is 12.3 Å². The lowest BCUT2D eigenvalue weighted by Gasteiger charge is -2.26. The predicted molar refractivity (Wildman–Crippen MR) is 54.2 cm³/mol. The van der Waals surface area contributed by atoms with E-state index in [4.69, 9.17) is 4.74 Å². The highest BCUT2D eigenvalue weighted by Crippen LogP contribution is 2.45. The van der Waals surface area contributed by atoms with Crippen LogP contribution < -0.4 is 0 Å². The van der Waals surface area contributed by atoms with E-state index < -0.39 is 11.4 Å². The predicted octanol–water partition coefficient (Wildman–Crippen LogP) is 2.30. The molecule has 0 aromatic carbocycles. The number of hydrogen-bond acceptors (Lipinski definition) is 2. The number of methoxy groups -OCH3 is 1. The first-order chi connectivity index (χ1) is 6.50. The Morgan fingerprint density at radius 1 is 1.71 bits per heavy atom. The van der Waals surface area contributed by atoms with E-state index in [0.717, 1.165) is 19.3 Å². The maximum absolute atomic E-state index is 11.3. The van der Waals surface area contributed by atoms with Gasteiger partial charge in [0.15, 0.2) is 0 Å². The summed E-state index contributed by atoms with van der Waals surface area (Å²) in [5.74, 6) is -0.110. The van der Waals surface area contributed by atoms with Crippen LogP contribution in [0.15, 0.2) is 0 Å². The van der Waals surface area contributed by atoms with Crippen molar-refractivity contribution in [3.63, 3.8) is 0 Å². The molecule has 0 saturated heterocycles. The van der Waals surface area contributed by atoms with Crippen molar-refractivity contribution in [2.24, 2.45) is 11.3 Å². The standard InChI is InChI=1S/C11H20O3/c1-8-4-5-11(6-8,10(12)13)7-9(2)14-3/h8-9H,4-7H2,1-3H3,(H,12,13). The van der Waals surface area contributed by atoms with Crippen molar-refractivity contribution in [1.29, 1.82) is 0 Å². The minimum absolute atomic E-state index is 0.0383. The first-order valence-electron chi connectivity index (χ1n) is 5.26. The highest BCUT2D eigenvalue weighted by atomic mass is 16.5. The van der Waals surface area contributed by atoms with Gasteiger partial charge in [0.25, 0.3) is 0 Å². The Bertz CT molecular complexity index is 215. The Hall–Kier alpha value is -0.570. The SMILES string of the molecule is COC(C)CC1(C(=O)O)CCC(C)C1. The Morgan fingerprint density at radius 3 is 2.71 bits per heavy atom. The van der Waals surface area contributed by atoms with Gasteiger partial charge in [0, 0.05) is 7.11 Å². The monoisotopic (exact) mass is 200 g/mol. The molecule has 3 heteroatoms. The summed E-state index contributed by atoms with van der Waals surface area (Å²) in [5, 5.41) is 9.27. The molecule has 3 nitrogen and oxygen atoms in total. The van der Waals surface area contributed by atoms with Gasteiger partial charge < -0.3 is 9.84 Å². The molecule has 3 atom stereocenters. The zero-order chi connectivity index (χ0) is 10.8. The van der Waals surface area contributed by atoms with Gasteiger partial charge in [0.1, 0.15) is 0 Å². The summed E-state index contributed by atoms with van der Waals surface area (Å²) < 4.78 is 5.16. The summed E-state index contributed by atoms with van der Waals surface area (Å²) in [6, 6.07) is 0. The van der Waals surface area contributed by atoms with Gasteiger partial charge in [0.2, 0.25) is 0 Å².